The number of hydrogen-bond donors (Lipinski definition) is 3. The van der Waals surface area contributed by atoms with Crippen LogP contribution < -0.4 is 15.7 Å². The Hall–Kier alpha value is -1.30. The minimum Gasteiger partial charge on any atom is -0.530 e. The third-order valence-electron chi connectivity index (χ3n) is 1.84. The normalized spacial score (nSPS) is 12.1. The summed E-state index contributed by atoms with van der Waals surface area (Å²) in [5.74, 6) is -0.889. The summed E-state index contributed by atoms with van der Waals surface area (Å²) in [7, 11) is 1.58. The van der Waals surface area contributed by atoms with Gasteiger partial charge in [0.2, 0.25) is 0 Å². The highest BCUT2D eigenvalue weighted by Gasteiger charge is 2.13. The summed E-state index contributed by atoms with van der Waals surface area (Å²) in [6, 6.07) is -0.557. The molecule has 0 heterocycles. The number of nitrogens with one attached hydrogen (secondary N) is 2. The molecule has 14 heavy (non-hydrogen) atoms. The molecule has 0 spiro atoms. The third kappa shape index (κ3) is 6.24. The average Bonchev–Trinajstić information content (AvgIpc) is 2.10. The van der Waals surface area contributed by atoms with E-state index in [1.54, 1.807) is 7.05 Å². The lowest BCUT2D eigenvalue weighted by molar-refractivity contribution is -0.250. The van der Waals surface area contributed by atoms with Gasteiger partial charge in [0.05, 0.1) is 0 Å². The second-order valence-electron chi connectivity index (χ2n) is 2.89. The van der Waals surface area contributed by atoms with Crippen LogP contribution in [0.25, 0.3) is 0 Å². The van der Waals surface area contributed by atoms with E-state index in [4.69, 9.17) is 5.11 Å². The molecule has 82 valence electrons. The van der Waals surface area contributed by atoms with Gasteiger partial charge < -0.3 is 25.6 Å². The molecule has 0 aliphatic rings. The molecular formula is C8H15N2O4-. The van der Waals surface area contributed by atoms with E-state index < -0.39 is 18.1 Å². The van der Waals surface area contributed by atoms with E-state index in [-0.39, 0.29) is 0 Å². The summed E-state index contributed by atoms with van der Waals surface area (Å²) in [5, 5.41) is 23.3. The molecule has 0 aromatic rings. The van der Waals surface area contributed by atoms with Crippen molar-refractivity contribution in [3.8, 4) is 0 Å². The van der Waals surface area contributed by atoms with Crippen LogP contribution in [0.15, 0.2) is 0 Å². The third-order valence-corrected chi connectivity index (χ3v) is 1.84. The summed E-state index contributed by atoms with van der Waals surface area (Å²) in [5.41, 5.74) is 0. The van der Waals surface area contributed by atoms with Gasteiger partial charge in [-0.15, -0.1) is 0 Å². The fraction of sp³-hybridized carbons (Fsp3) is 0.750. The maximum atomic E-state index is 10.5. The quantitative estimate of drug-likeness (QED) is 0.449. The number of amides is 1. The highest BCUT2D eigenvalue weighted by Crippen LogP contribution is 1.99. The Morgan fingerprint density at radius 1 is 1.43 bits per heavy atom. The van der Waals surface area contributed by atoms with E-state index >= 15 is 0 Å². The van der Waals surface area contributed by atoms with E-state index in [1.165, 1.54) is 0 Å². The lowest BCUT2D eigenvalue weighted by Gasteiger charge is -2.11. The lowest BCUT2D eigenvalue weighted by atomic mass is 10.1. The standard InChI is InChI=1S/C8H16N2O4/c1-9-6(7(11)12)4-2-3-5-10-8(13)14/h6,9-10H,2-5H2,1H3,(H,11,12)(H,13,14)/p-1. The summed E-state index contributed by atoms with van der Waals surface area (Å²) in [6.07, 6.45) is 0.450. The predicted molar refractivity (Wildman–Crippen MR) is 47.7 cm³/mol. The molecule has 0 aliphatic heterocycles. The number of likely N-dealkylation sites (N-methyl/N-ethyl adjacent to an activating group) is 1. The first kappa shape index (κ1) is 12.7. The van der Waals surface area contributed by atoms with Crippen molar-refractivity contribution < 1.29 is 19.8 Å². The fourth-order valence-corrected chi connectivity index (χ4v) is 1.06. The SMILES string of the molecule is CNC(CCCCNC(=O)[O-])C(=O)O. The first-order valence-electron chi connectivity index (χ1n) is 4.43. The van der Waals surface area contributed by atoms with E-state index in [1.807, 2.05) is 0 Å². The van der Waals surface area contributed by atoms with Crippen molar-refractivity contribution in [1.82, 2.24) is 10.6 Å². The topological polar surface area (TPSA) is 101 Å². The average molecular weight is 203 g/mol. The van der Waals surface area contributed by atoms with E-state index in [0.29, 0.717) is 25.8 Å². The molecule has 0 aromatic heterocycles. The van der Waals surface area contributed by atoms with E-state index in [0.717, 1.165) is 0 Å². The van der Waals surface area contributed by atoms with Gasteiger partial charge >= 0.3 is 5.97 Å². The zero-order valence-corrected chi connectivity index (χ0v) is 8.08. The van der Waals surface area contributed by atoms with Crippen LogP contribution >= 0.6 is 0 Å². The van der Waals surface area contributed by atoms with E-state index in [2.05, 4.69) is 10.6 Å². The molecule has 0 aliphatic carbocycles. The number of hydrogen-bond acceptors (Lipinski definition) is 4. The van der Waals surface area contributed by atoms with Crippen molar-refractivity contribution in [1.29, 1.82) is 0 Å². The minimum atomic E-state index is -1.30. The Morgan fingerprint density at radius 2 is 2.07 bits per heavy atom. The van der Waals surface area contributed by atoms with Gasteiger partial charge in [-0.05, 0) is 26.3 Å². The van der Waals surface area contributed by atoms with Crippen LogP contribution in [0.2, 0.25) is 0 Å². The fourth-order valence-electron chi connectivity index (χ4n) is 1.06. The van der Waals surface area contributed by atoms with Crippen LogP contribution in [-0.4, -0.2) is 36.8 Å². The molecule has 1 unspecified atom stereocenters. The van der Waals surface area contributed by atoms with Crippen LogP contribution in [0.4, 0.5) is 4.79 Å². The van der Waals surface area contributed by atoms with Crippen molar-refractivity contribution in [2.75, 3.05) is 13.6 Å². The number of rotatable bonds is 7. The van der Waals surface area contributed by atoms with Crippen LogP contribution in [0.5, 0.6) is 0 Å². The highest BCUT2D eigenvalue weighted by molar-refractivity contribution is 5.73. The van der Waals surface area contributed by atoms with Gasteiger partial charge in [0, 0.05) is 6.54 Å². The number of carbonyl (C=O) groups excluding carboxylic acids is 1. The Bertz CT molecular complexity index is 196. The van der Waals surface area contributed by atoms with E-state index in [9.17, 15) is 14.7 Å². The molecule has 0 rings (SSSR count). The van der Waals surface area contributed by atoms with Crippen molar-refractivity contribution in [3.05, 3.63) is 0 Å². The molecule has 0 saturated heterocycles. The van der Waals surface area contributed by atoms with Crippen molar-refractivity contribution >= 4 is 12.1 Å². The smallest absolute Gasteiger partial charge is 0.320 e. The van der Waals surface area contributed by atoms with Gasteiger partial charge in [0.15, 0.2) is 0 Å². The van der Waals surface area contributed by atoms with Crippen LogP contribution in [0.1, 0.15) is 19.3 Å². The zero-order chi connectivity index (χ0) is 11.0. The molecule has 6 heteroatoms. The van der Waals surface area contributed by atoms with Gasteiger partial charge in [0.1, 0.15) is 12.1 Å². The molecule has 0 fully saturated rings. The molecule has 0 radical (unpaired) electrons. The molecule has 3 N–H and O–H groups in total. The molecule has 0 bridgehead atoms. The molecule has 0 aromatic carbocycles. The van der Waals surface area contributed by atoms with Crippen molar-refractivity contribution in [3.63, 3.8) is 0 Å². The molecule has 1 amide bonds. The molecule has 1 atom stereocenters. The summed E-state index contributed by atoms with van der Waals surface area (Å²) >= 11 is 0. The van der Waals surface area contributed by atoms with Gasteiger partial charge in [0.25, 0.3) is 0 Å². The molecular weight excluding hydrogens is 188 g/mol. The Kier molecular flexibility index (Phi) is 6.47. The summed E-state index contributed by atoms with van der Waals surface area (Å²) in [6.45, 7) is 0.304. The first-order valence-corrected chi connectivity index (χ1v) is 4.43. The largest absolute Gasteiger partial charge is 0.530 e. The predicted octanol–water partition coefficient (Wildman–Crippen LogP) is -1.24. The number of carbonyl (C=O) groups is 2. The minimum absolute atomic E-state index is 0.304. The Balaban J connectivity index is 3.42. The molecule has 6 nitrogen and oxygen atoms in total. The van der Waals surface area contributed by atoms with Gasteiger partial charge in [-0.3, -0.25) is 4.79 Å². The van der Waals surface area contributed by atoms with Gasteiger partial charge in [-0.2, -0.15) is 0 Å². The molecule has 0 saturated carbocycles. The first-order chi connectivity index (χ1) is 6.57. The maximum absolute atomic E-state index is 10.5. The second kappa shape index (κ2) is 7.14. The van der Waals surface area contributed by atoms with Crippen molar-refractivity contribution in [2.45, 2.75) is 25.3 Å². The number of unbranched alkanes of at least 4 members (excludes halogenated alkanes) is 1. The van der Waals surface area contributed by atoms with Gasteiger partial charge in [-0.1, -0.05) is 0 Å². The van der Waals surface area contributed by atoms with Crippen molar-refractivity contribution in [2.24, 2.45) is 0 Å². The van der Waals surface area contributed by atoms with Crippen LogP contribution in [0.3, 0.4) is 0 Å². The van der Waals surface area contributed by atoms with Crippen LogP contribution in [0, 0.1) is 0 Å². The zero-order valence-electron chi connectivity index (χ0n) is 8.08. The maximum Gasteiger partial charge on any atom is 0.320 e. The summed E-state index contributed by atoms with van der Waals surface area (Å²) < 4.78 is 0. The lowest BCUT2D eigenvalue weighted by Crippen LogP contribution is -2.37. The Morgan fingerprint density at radius 3 is 2.50 bits per heavy atom. The monoisotopic (exact) mass is 203 g/mol. The van der Waals surface area contributed by atoms with Crippen LogP contribution in [-0.2, 0) is 4.79 Å². The van der Waals surface area contributed by atoms with Gasteiger partial charge in [-0.25, -0.2) is 0 Å². The number of carboxylic acids is 1. The number of carboxylic acid groups (broad SMARTS) is 2. The summed E-state index contributed by atoms with van der Waals surface area (Å²) in [4.78, 5) is 20.5. The Labute approximate surface area is 82.3 Å². The number of aliphatic carboxylic acids is 1. The highest BCUT2D eigenvalue weighted by atomic mass is 16.4. The second-order valence-corrected chi connectivity index (χ2v) is 2.89.